The first-order valence-electron chi connectivity index (χ1n) is 12.8. The van der Waals surface area contributed by atoms with Crippen LogP contribution in [0, 0.1) is 0 Å². The number of carbonyl (C=O) groups excluding carboxylic acids is 1. The van der Waals surface area contributed by atoms with Crippen molar-refractivity contribution in [3.63, 3.8) is 0 Å². The molecule has 2 atom stereocenters. The molecule has 6 rings (SSSR count). The molecule has 0 bridgehead atoms. The lowest BCUT2D eigenvalue weighted by molar-refractivity contribution is 0.00855. The Morgan fingerprint density at radius 3 is 2.37 bits per heavy atom. The summed E-state index contributed by atoms with van der Waals surface area (Å²) in [6.45, 7) is 0.449. The van der Waals surface area contributed by atoms with Crippen molar-refractivity contribution in [1.29, 1.82) is 0 Å². The predicted molar refractivity (Wildman–Crippen MR) is 135 cm³/mol. The first-order chi connectivity index (χ1) is 18.3. The smallest absolute Gasteiger partial charge is 0.343 e. The van der Waals surface area contributed by atoms with Crippen molar-refractivity contribution in [3.8, 4) is 28.7 Å². The van der Waals surface area contributed by atoms with Crippen LogP contribution >= 0.6 is 0 Å². The van der Waals surface area contributed by atoms with Gasteiger partial charge in [0.2, 0.25) is 12.5 Å². The van der Waals surface area contributed by atoms with E-state index >= 15 is 0 Å². The number of likely N-dealkylation sites (N-methyl/N-ethyl adjacent to an activating group) is 1. The predicted octanol–water partition coefficient (Wildman–Crippen LogP) is 3.60. The quantitative estimate of drug-likeness (QED) is 0.500. The molecule has 2 aromatic rings. The van der Waals surface area contributed by atoms with E-state index in [1.165, 1.54) is 21.3 Å². The minimum Gasteiger partial charge on any atom is -0.493 e. The summed E-state index contributed by atoms with van der Waals surface area (Å²) in [5.41, 5.74) is 2.22. The highest BCUT2D eigenvalue weighted by molar-refractivity contribution is 7.92. The molecule has 10 nitrogen and oxygen atoms in total. The largest absolute Gasteiger partial charge is 0.493 e. The average Bonchev–Trinajstić information content (AvgIpc) is 3.68. The van der Waals surface area contributed by atoms with E-state index in [9.17, 15) is 13.2 Å². The molecule has 0 amide bonds. The Hall–Kier alpha value is -3.18. The highest BCUT2D eigenvalue weighted by Gasteiger charge is 2.49. The van der Waals surface area contributed by atoms with Gasteiger partial charge in [-0.2, -0.15) is 0 Å². The summed E-state index contributed by atoms with van der Waals surface area (Å²) in [4.78, 5) is 15.4. The number of benzene rings is 2. The molecule has 1 aliphatic carbocycles. The second kappa shape index (κ2) is 9.23. The van der Waals surface area contributed by atoms with E-state index in [4.69, 9.17) is 28.4 Å². The molecule has 1 fully saturated rings. The normalized spacial score (nSPS) is 22.7. The number of hydrogen-bond donors (Lipinski definition) is 0. The van der Waals surface area contributed by atoms with Crippen LogP contribution in [0.5, 0.6) is 28.7 Å². The molecule has 2 aromatic carbocycles. The van der Waals surface area contributed by atoms with Crippen molar-refractivity contribution in [1.82, 2.24) is 4.90 Å². The molecule has 0 saturated heterocycles. The van der Waals surface area contributed by atoms with Crippen LogP contribution in [0.3, 0.4) is 0 Å². The Bertz CT molecular complexity index is 1410. The summed E-state index contributed by atoms with van der Waals surface area (Å²) in [7, 11) is 2.73. The number of cyclic esters (lactones) is 1. The van der Waals surface area contributed by atoms with Crippen LogP contribution in [0.25, 0.3) is 0 Å². The van der Waals surface area contributed by atoms with Crippen molar-refractivity contribution >= 4 is 15.8 Å². The van der Waals surface area contributed by atoms with E-state index in [1.807, 2.05) is 7.05 Å². The number of esters is 1. The van der Waals surface area contributed by atoms with Crippen LogP contribution in [0.4, 0.5) is 0 Å². The first-order valence-corrected chi connectivity index (χ1v) is 14.3. The van der Waals surface area contributed by atoms with Crippen LogP contribution in [0.15, 0.2) is 17.0 Å². The van der Waals surface area contributed by atoms with Crippen molar-refractivity contribution in [2.75, 3.05) is 41.7 Å². The van der Waals surface area contributed by atoms with Crippen LogP contribution in [-0.4, -0.2) is 66.3 Å². The Morgan fingerprint density at radius 1 is 0.974 bits per heavy atom. The Morgan fingerprint density at radius 2 is 1.68 bits per heavy atom. The van der Waals surface area contributed by atoms with Crippen molar-refractivity contribution in [2.24, 2.45) is 0 Å². The molecule has 0 aromatic heterocycles. The minimum absolute atomic E-state index is 0.0967. The summed E-state index contributed by atoms with van der Waals surface area (Å²) in [6, 6.07) is 3.00. The monoisotopic (exact) mass is 545 g/mol. The molecule has 1 saturated carbocycles. The molecule has 11 heteroatoms. The van der Waals surface area contributed by atoms with Gasteiger partial charge in [-0.1, -0.05) is 18.9 Å². The number of methoxy groups -OCH3 is 3. The Labute approximate surface area is 221 Å². The molecule has 3 heterocycles. The highest BCUT2D eigenvalue weighted by Crippen LogP contribution is 2.58. The van der Waals surface area contributed by atoms with Gasteiger partial charge in [0, 0.05) is 17.7 Å². The molecule has 3 aliphatic heterocycles. The summed E-state index contributed by atoms with van der Waals surface area (Å²) < 4.78 is 62.5. The first kappa shape index (κ1) is 25.1. The molecular formula is C27H31NO9S. The molecule has 0 spiro atoms. The lowest BCUT2D eigenvalue weighted by Gasteiger charge is -2.39. The zero-order valence-corrected chi connectivity index (χ0v) is 22.7. The maximum atomic E-state index is 14.1. The number of rotatable bonds is 6. The van der Waals surface area contributed by atoms with Gasteiger partial charge in [-0.15, -0.1) is 0 Å². The molecule has 0 N–H and O–H groups in total. The van der Waals surface area contributed by atoms with E-state index in [2.05, 4.69) is 4.90 Å². The van der Waals surface area contributed by atoms with Crippen LogP contribution < -0.4 is 23.7 Å². The fraction of sp³-hybridized carbons (Fsp3) is 0.519. The number of sulfone groups is 1. The minimum atomic E-state index is -3.71. The van der Waals surface area contributed by atoms with Crippen LogP contribution in [0.2, 0.25) is 0 Å². The van der Waals surface area contributed by atoms with Gasteiger partial charge in [0.05, 0.1) is 32.6 Å². The zero-order chi connectivity index (χ0) is 26.8. The Kier molecular flexibility index (Phi) is 6.10. The number of fused-ring (bicyclic) bond motifs is 3. The number of hydrogen-bond acceptors (Lipinski definition) is 10. The van der Waals surface area contributed by atoms with Gasteiger partial charge in [-0.25, -0.2) is 13.2 Å². The number of ether oxygens (including phenoxy) is 6. The molecule has 4 aliphatic rings. The summed E-state index contributed by atoms with van der Waals surface area (Å²) in [5, 5.41) is -0.465. The number of nitrogens with zero attached hydrogens (tertiary/aromatic N) is 1. The number of carbonyl (C=O) groups is 1. The van der Waals surface area contributed by atoms with Crippen molar-refractivity contribution in [2.45, 2.75) is 54.4 Å². The maximum Gasteiger partial charge on any atom is 0.343 e. The maximum absolute atomic E-state index is 14.1. The van der Waals surface area contributed by atoms with Gasteiger partial charge in [0.25, 0.3) is 0 Å². The Balaban J connectivity index is 1.59. The summed E-state index contributed by atoms with van der Waals surface area (Å²) >= 11 is 0. The second-order valence-corrected chi connectivity index (χ2v) is 12.2. The molecule has 0 unspecified atom stereocenters. The van der Waals surface area contributed by atoms with Crippen molar-refractivity contribution < 1.29 is 41.6 Å². The fourth-order valence-electron chi connectivity index (χ4n) is 6.46. The SMILES string of the molecule is COc1ccc2c(c1OC)C(=O)O[C@@H]2[C@H]1c2c(c(S(=O)(=O)C3CCCC3)c3c(c2OC)OCO3)CCN1C. The van der Waals surface area contributed by atoms with E-state index in [1.54, 1.807) is 12.1 Å². The van der Waals surface area contributed by atoms with E-state index < -0.39 is 33.2 Å². The van der Waals surface area contributed by atoms with Crippen molar-refractivity contribution in [3.05, 3.63) is 34.4 Å². The lowest BCUT2D eigenvalue weighted by Crippen LogP contribution is -2.37. The highest BCUT2D eigenvalue weighted by atomic mass is 32.2. The third-order valence-electron chi connectivity index (χ3n) is 8.19. The lowest BCUT2D eigenvalue weighted by atomic mass is 9.85. The van der Waals surface area contributed by atoms with Gasteiger partial charge in [-0.05, 0) is 37.9 Å². The van der Waals surface area contributed by atoms with Crippen LogP contribution in [0.1, 0.15) is 64.9 Å². The van der Waals surface area contributed by atoms with Gasteiger partial charge >= 0.3 is 5.97 Å². The van der Waals surface area contributed by atoms with E-state index in [-0.39, 0.29) is 23.2 Å². The third-order valence-corrected chi connectivity index (χ3v) is 10.5. The van der Waals surface area contributed by atoms with E-state index in [0.717, 1.165) is 12.8 Å². The standard InChI is InChI=1S/C27H31NO9S/c1-28-12-11-16-18(20(28)21-15-9-10-17(32-2)22(33-3)19(15)27(29)37-21)23(34-4)24-25(36-13-35-24)26(16)38(30,31)14-7-5-6-8-14/h9-10,14,20-21H,5-8,11-13H2,1-4H3/t20-,21+/m1/s1. The van der Waals surface area contributed by atoms with Gasteiger partial charge in [-0.3, -0.25) is 4.90 Å². The summed E-state index contributed by atoms with van der Waals surface area (Å²) in [5.74, 6) is 1.11. The molecular weight excluding hydrogens is 514 g/mol. The third kappa shape index (κ3) is 3.47. The molecule has 204 valence electrons. The van der Waals surface area contributed by atoms with Crippen LogP contribution in [-0.2, 0) is 21.0 Å². The molecule has 38 heavy (non-hydrogen) atoms. The average molecular weight is 546 g/mol. The summed E-state index contributed by atoms with van der Waals surface area (Å²) in [6.07, 6.45) is 2.74. The zero-order valence-electron chi connectivity index (χ0n) is 21.9. The second-order valence-electron chi connectivity index (χ2n) is 10.0. The van der Waals surface area contributed by atoms with E-state index in [0.29, 0.717) is 65.3 Å². The van der Waals surface area contributed by atoms with Gasteiger partial charge in [0.15, 0.2) is 32.8 Å². The fourth-order valence-corrected chi connectivity index (χ4v) is 8.71. The molecule has 0 radical (unpaired) electrons. The van der Waals surface area contributed by atoms with Gasteiger partial charge < -0.3 is 28.4 Å². The topological polar surface area (TPSA) is 110 Å². The van der Waals surface area contributed by atoms with Gasteiger partial charge in [0.1, 0.15) is 16.6 Å².